The van der Waals surface area contributed by atoms with Crippen LogP contribution in [-0.2, 0) is 0 Å². The van der Waals surface area contributed by atoms with Gasteiger partial charge in [-0.25, -0.2) is 4.98 Å². The van der Waals surface area contributed by atoms with Crippen molar-refractivity contribution in [3.8, 4) is 11.5 Å². The zero-order valence-electron chi connectivity index (χ0n) is 9.93. The summed E-state index contributed by atoms with van der Waals surface area (Å²) in [6.07, 6.45) is 1.59. The van der Waals surface area contributed by atoms with Gasteiger partial charge in [-0.15, -0.1) is 0 Å². The molecule has 0 saturated heterocycles. The minimum atomic E-state index is 0.542. The van der Waals surface area contributed by atoms with Crippen LogP contribution in [0.2, 0.25) is 5.02 Å². The number of nitrogens with zero attached hydrogens (tertiary/aromatic N) is 1. The van der Waals surface area contributed by atoms with Crippen LogP contribution >= 0.6 is 23.4 Å². The van der Waals surface area contributed by atoms with Crippen LogP contribution < -0.4 is 15.2 Å². The number of rotatable bonds is 2. The average molecular weight is 295 g/mol. The Kier molecular flexibility index (Phi) is 3.40. The SMILES string of the molecule is Nc1cnc(Sc2ccc3c(c2)OCCO3)c(Cl)c1. The smallest absolute Gasteiger partial charge is 0.162 e. The number of anilines is 1. The summed E-state index contributed by atoms with van der Waals surface area (Å²) < 4.78 is 11.0. The van der Waals surface area contributed by atoms with E-state index in [9.17, 15) is 0 Å². The molecule has 0 atom stereocenters. The fourth-order valence-electron chi connectivity index (χ4n) is 1.71. The lowest BCUT2D eigenvalue weighted by Crippen LogP contribution is -2.15. The van der Waals surface area contributed by atoms with Gasteiger partial charge in [0.05, 0.1) is 16.9 Å². The Balaban J connectivity index is 1.87. The van der Waals surface area contributed by atoms with E-state index in [0.29, 0.717) is 28.9 Å². The van der Waals surface area contributed by atoms with E-state index in [1.165, 1.54) is 11.8 Å². The van der Waals surface area contributed by atoms with Crippen LogP contribution in [0.15, 0.2) is 40.4 Å². The lowest BCUT2D eigenvalue weighted by atomic mass is 10.3. The summed E-state index contributed by atoms with van der Waals surface area (Å²) in [6, 6.07) is 7.46. The molecule has 2 heterocycles. The van der Waals surface area contributed by atoms with Gasteiger partial charge >= 0.3 is 0 Å². The summed E-state index contributed by atoms with van der Waals surface area (Å²) in [4.78, 5) is 5.21. The minimum Gasteiger partial charge on any atom is -0.486 e. The summed E-state index contributed by atoms with van der Waals surface area (Å²) in [5.41, 5.74) is 6.17. The van der Waals surface area contributed by atoms with Gasteiger partial charge in [0.15, 0.2) is 11.5 Å². The molecule has 1 aliphatic rings. The summed E-state index contributed by atoms with van der Waals surface area (Å²) in [5.74, 6) is 1.52. The first-order valence-electron chi connectivity index (χ1n) is 5.71. The highest BCUT2D eigenvalue weighted by Gasteiger charge is 2.13. The summed E-state index contributed by atoms with van der Waals surface area (Å²) in [5, 5.41) is 1.26. The van der Waals surface area contributed by atoms with Crippen LogP contribution in [0.1, 0.15) is 0 Å². The number of pyridine rings is 1. The van der Waals surface area contributed by atoms with Crippen molar-refractivity contribution in [1.29, 1.82) is 0 Å². The second-order valence-electron chi connectivity index (χ2n) is 3.96. The molecule has 3 rings (SSSR count). The van der Waals surface area contributed by atoms with E-state index in [1.807, 2.05) is 18.2 Å². The molecule has 1 aromatic heterocycles. The fourth-order valence-corrected chi connectivity index (χ4v) is 2.79. The van der Waals surface area contributed by atoms with Crippen LogP contribution in [0.25, 0.3) is 0 Å². The van der Waals surface area contributed by atoms with E-state index in [2.05, 4.69) is 4.98 Å². The standard InChI is InChI=1S/C13H11ClN2O2S/c14-10-5-8(15)7-16-13(10)19-9-1-2-11-12(6-9)18-4-3-17-11/h1-2,5-7H,3-4,15H2. The Morgan fingerprint density at radius 1 is 1.16 bits per heavy atom. The first kappa shape index (κ1) is 12.4. The molecule has 0 amide bonds. The molecule has 6 heteroatoms. The molecule has 2 aromatic rings. The molecule has 0 radical (unpaired) electrons. The average Bonchev–Trinajstić information content (AvgIpc) is 2.42. The van der Waals surface area contributed by atoms with Gasteiger partial charge in [0.1, 0.15) is 18.2 Å². The molecule has 2 N–H and O–H groups in total. The lowest BCUT2D eigenvalue weighted by Gasteiger charge is -2.18. The first-order valence-corrected chi connectivity index (χ1v) is 6.90. The van der Waals surface area contributed by atoms with E-state index >= 15 is 0 Å². The number of ether oxygens (including phenoxy) is 2. The topological polar surface area (TPSA) is 57.4 Å². The lowest BCUT2D eigenvalue weighted by molar-refractivity contribution is 0.171. The maximum absolute atomic E-state index is 6.10. The van der Waals surface area contributed by atoms with E-state index in [-0.39, 0.29) is 0 Å². The number of aromatic nitrogens is 1. The number of nitrogens with two attached hydrogens (primary N) is 1. The molecule has 1 aliphatic heterocycles. The van der Waals surface area contributed by atoms with Crippen LogP contribution in [0.5, 0.6) is 11.5 Å². The number of halogens is 1. The molecule has 4 nitrogen and oxygen atoms in total. The molecule has 0 fully saturated rings. The van der Waals surface area contributed by atoms with Gasteiger partial charge in [-0.3, -0.25) is 0 Å². The molecule has 0 saturated carbocycles. The molecule has 98 valence electrons. The van der Waals surface area contributed by atoms with E-state index in [4.69, 9.17) is 26.8 Å². The maximum Gasteiger partial charge on any atom is 0.162 e. The van der Waals surface area contributed by atoms with E-state index in [1.54, 1.807) is 12.3 Å². The zero-order valence-corrected chi connectivity index (χ0v) is 11.5. The molecular formula is C13H11ClN2O2S. The molecule has 0 aliphatic carbocycles. The Bertz CT molecular complexity index is 622. The van der Waals surface area contributed by atoms with Gasteiger partial charge in [-0.2, -0.15) is 0 Å². The van der Waals surface area contributed by atoms with Gasteiger partial charge in [0.2, 0.25) is 0 Å². The molecule has 1 aromatic carbocycles. The largest absolute Gasteiger partial charge is 0.486 e. The van der Waals surface area contributed by atoms with Crippen LogP contribution in [-0.4, -0.2) is 18.2 Å². The summed E-state index contributed by atoms with van der Waals surface area (Å²) in [7, 11) is 0. The Labute approximate surface area is 119 Å². The predicted octanol–water partition coefficient (Wildman–Crippen LogP) is 3.24. The van der Waals surface area contributed by atoms with Crippen molar-refractivity contribution < 1.29 is 9.47 Å². The predicted molar refractivity (Wildman–Crippen MR) is 75.2 cm³/mol. The number of benzene rings is 1. The highest BCUT2D eigenvalue weighted by atomic mass is 35.5. The van der Waals surface area contributed by atoms with Gasteiger partial charge < -0.3 is 15.2 Å². The van der Waals surface area contributed by atoms with Gasteiger partial charge in [-0.05, 0) is 24.3 Å². The molecule has 0 unspecified atom stereocenters. The summed E-state index contributed by atoms with van der Waals surface area (Å²) in [6.45, 7) is 1.16. The van der Waals surface area contributed by atoms with Crippen molar-refractivity contribution in [3.05, 3.63) is 35.5 Å². The zero-order chi connectivity index (χ0) is 13.2. The Morgan fingerprint density at radius 2 is 1.95 bits per heavy atom. The molecular weight excluding hydrogens is 284 g/mol. The quantitative estimate of drug-likeness (QED) is 0.921. The number of nitrogen functional groups attached to an aromatic ring is 1. The third-order valence-corrected chi connectivity index (χ3v) is 3.97. The molecule has 0 spiro atoms. The van der Waals surface area contributed by atoms with Crippen molar-refractivity contribution in [2.75, 3.05) is 18.9 Å². The monoisotopic (exact) mass is 294 g/mol. The van der Waals surface area contributed by atoms with E-state index in [0.717, 1.165) is 16.4 Å². The molecule has 0 bridgehead atoms. The number of hydrogen-bond donors (Lipinski definition) is 1. The Morgan fingerprint density at radius 3 is 2.74 bits per heavy atom. The molecule has 19 heavy (non-hydrogen) atoms. The Hall–Kier alpha value is -1.59. The number of hydrogen-bond acceptors (Lipinski definition) is 5. The van der Waals surface area contributed by atoms with Crippen molar-refractivity contribution >= 4 is 29.1 Å². The van der Waals surface area contributed by atoms with Crippen LogP contribution in [0.3, 0.4) is 0 Å². The highest BCUT2D eigenvalue weighted by molar-refractivity contribution is 7.99. The number of fused-ring (bicyclic) bond motifs is 1. The fraction of sp³-hybridized carbons (Fsp3) is 0.154. The van der Waals surface area contributed by atoms with Crippen LogP contribution in [0.4, 0.5) is 5.69 Å². The van der Waals surface area contributed by atoms with Crippen molar-refractivity contribution in [3.63, 3.8) is 0 Å². The maximum atomic E-state index is 6.10. The van der Waals surface area contributed by atoms with Crippen molar-refractivity contribution in [2.45, 2.75) is 9.92 Å². The second kappa shape index (κ2) is 5.19. The third kappa shape index (κ3) is 2.72. The summed E-state index contributed by atoms with van der Waals surface area (Å²) >= 11 is 7.57. The van der Waals surface area contributed by atoms with Crippen molar-refractivity contribution in [1.82, 2.24) is 4.98 Å². The first-order chi connectivity index (χ1) is 9.22. The van der Waals surface area contributed by atoms with Crippen molar-refractivity contribution in [2.24, 2.45) is 0 Å². The van der Waals surface area contributed by atoms with Gasteiger partial charge in [0, 0.05) is 4.90 Å². The van der Waals surface area contributed by atoms with E-state index < -0.39 is 0 Å². The highest BCUT2D eigenvalue weighted by Crippen LogP contribution is 2.38. The second-order valence-corrected chi connectivity index (χ2v) is 5.43. The minimum absolute atomic E-state index is 0.542. The van der Waals surface area contributed by atoms with Gasteiger partial charge in [-0.1, -0.05) is 23.4 Å². The third-order valence-electron chi connectivity index (χ3n) is 2.56. The normalized spacial score (nSPS) is 13.3. The van der Waals surface area contributed by atoms with Gasteiger partial charge in [0.25, 0.3) is 0 Å². The van der Waals surface area contributed by atoms with Crippen LogP contribution in [0, 0.1) is 0 Å².